The van der Waals surface area contributed by atoms with Crippen molar-refractivity contribution in [1.29, 1.82) is 0 Å². The molecular formula is C10H15BrN2O. The van der Waals surface area contributed by atoms with Crippen molar-refractivity contribution < 1.29 is 0 Å². The van der Waals surface area contributed by atoms with Crippen molar-refractivity contribution in [1.82, 2.24) is 4.57 Å². The molecule has 0 unspecified atom stereocenters. The fourth-order valence-corrected chi connectivity index (χ4v) is 1.74. The van der Waals surface area contributed by atoms with Crippen LogP contribution in [-0.4, -0.2) is 4.57 Å². The zero-order valence-corrected chi connectivity index (χ0v) is 10.3. The van der Waals surface area contributed by atoms with Crippen LogP contribution >= 0.6 is 15.9 Å². The maximum absolute atomic E-state index is 11.7. The van der Waals surface area contributed by atoms with Gasteiger partial charge in [0.1, 0.15) is 0 Å². The average Bonchev–Trinajstić information content (AvgIpc) is 1.96. The Bertz CT molecular complexity index is 390. The van der Waals surface area contributed by atoms with Crippen LogP contribution in [0, 0.1) is 5.41 Å². The van der Waals surface area contributed by atoms with Crippen molar-refractivity contribution in [3.63, 3.8) is 0 Å². The molecule has 0 bridgehead atoms. The summed E-state index contributed by atoms with van der Waals surface area (Å²) in [7, 11) is 0. The molecule has 0 saturated heterocycles. The number of nitrogens with zero attached hydrogens (tertiary/aromatic N) is 1. The molecule has 0 aliphatic rings. The van der Waals surface area contributed by atoms with Gasteiger partial charge in [-0.05, 0) is 27.4 Å². The summed E-state index contributed by atoms with van der Waals surface area (Å²) in [6, 6.07) is 1.63. The van der Waals surface area contributed by atoms with E-state index >= 15 is 0 Å². The summed E-state index contributed by atoms with van der Waals surface area (Å²) in [5, 5.41) is 0. The summed E-state index contributed by atoms with van der Waals surface area (Å²) in [5.41, 5.74) is 6.29. The molecule has 1 aromatic heterocycles. The third-order valence-corrected chi connectivity index (χ3v) is 2.28. The van der Waals surface area contributed by atoms with E-state index in [2.05, 4.69) is 36.7 Å². The monoisotopic (exact) mass is 258 g/mol. The second-order valence-corrected chi connectivity index (χ2v) is 5.47. The fraction of sp³-hybridized carbons (Fsp3) is 0.500. The van der Waals surface area contributed by atoms with Gasteiger partial charge in [0.2, 0.25) is 0 Å². The zero-order valence-electron chi connectivity index (χ0n) is 8.67. The van der Waals surface area contributed by atoms with E-state index in [0.717, 1.165) is 0 Å². The molecule has 1 aromatic rings. The highest BCUT2D eigenvalue weighted by atomic mass is 79.9. The molecule has 0 spiro atoms. The first-order chi connectivity index (χ1) is 6.29. The van der Waals surface area contributed by atoms with Gasteiger partial charge >= 0.3 is 0 Å². The Balaban J connectivity index is 3.16. The van der Waals surface area contributed by atoms with Crippen LogP contribution in [0.4, 0.5) is 5.69 Å². The molecule has 1 rings (SSSR count). The minimum absolute atomic E-state index is 0.0332. The summed E-state index contributed by atoms with van der Waals surface area (Å²) in [5.74, 6) is 0. The van der Waals surface area contributed by atoms with E-state index in [9.17, 15) is 4.79 Å². The Kier molecular flexibility index (Phi) is 3.04. The predicted molar refractivity (Wildman–Crippen MR) is 62.3 cm³/mol. The Morgan fingerprint density at radius 3 is 2.57 bits per heavy atom. The van der Waals surface area contributed by atoms with Gasteiger partial charge < -0.3 is 10.3 Å². The fourth-order valence-electron chi connectivity index (χ4n) is 1.25. The first kappa shape index (κ1) is 11.3. The maximum atomic E-state index is 11.7. The van der Waals surface area contributed by atoms with Crippen LogP contribution in [0.1, 0.15) is 20.8 Å². The molecule has 0 aliphatic heterocycles. The molecule has 1 heterocycles. The van der Waals surface area contributed by atoms with E-state index in [1.54, 1.807) is 16.8 Å². The Labute approximate surface area is 92.1 Å². The maximum Gasteiger partial charge on any atom is 0.264 e. The van der Waals surface area contributed by atoms with Crippen molar-refractivity contribution >= 4 is 21.6 Å². The SMILES string of the molecule is CC(C)(C)Cn1cc(N)cc(Br)c1=O. The molecule has 0 saturated carbocycles. The Morgan fingerprint density at radius 1 is 1.50 bits per heavy atom. The topological polar surface area (TPSA) is 48.0 Å². The van der Waals surface area contributed by atoms with Crippen LogP contribution in [0.2, 0.25) is 0 Å². The lowest BCUT2D eigenvalue weighted by Crippen LogP contribution is -2.27. The number of pyridine rings is 1. The quantitative estimate of drug-likeness (QED) is 0.840. The van der Waals surface area contributed by atoms with Gasteiger partial charge in [-0.25, -0.2) is 0 Å². The smallest absolute Gasteiger partial charge is 0.264 e. The van der Waals surface area contributed by atoms with Crippen LogP contribution in [0.3, 0.4) is 0 Å². The minimum atomic E-state index is -0.0332. The van der Waals surface area contributed by atoms with E-state index in [1.807, 2.05) is 0 Å². The second-order valence-electron chi connectivity index (χ2n) is 4.62. The molecule has 14 heavy (non-hydrogen) atoms. The number of nitrogen functional groups attached to an aromatic ring is 1. The van der Waals surface area contributed by atoms with Gasteiger partial charge in [0.05, 0.1) is 4.47 Å². The molecule has 3 nitrogen and oxygen atoms in total. The van der Waals surface area contributed by atoms with E-state index in [-0.39, 0.29) is 11.0 Å². The summed E-state index contributed by atoms with van der Waals surface area (Å²) in [6.07, 6.45) is 1.68. The van der Waals surface area contributed by atoms with Gasteiger partial charge in [-0.3, -0.25) is 4.79 Å². The molecule has 0 fully saturated rings. The van der Waals surface area contributed by atoms with Gasteiger partial charge in [0.15, 0.2) is 0 Å². The third kappa shape index (κ3) is 2.87. The number of nitrogens with two attached hydrogens (primary N) is 1. The molecule has 0 amide bonds. The van der Waals surface area contributed by atoms with Gasteiger partial charge in [-0.2, -0.15) is 0 Å². The number of halogens is 1. The molecule has 0 atom stereocenters. The van der Waals surface area contributed by atoms with Gasteiger partial charge in [0.25, 0.3) is 5.56 Å². The van der Waals surface area contributed by atoms with Crippen LogP contribution in [0.5, 0.6) is 0 Å². The van der Waals surface area contributed by atoms with Crippen molar-refractivity contribution in [3.8, 4) is 0 Å². The molecule has 0 aliphatic carbocycles. The Morgan fingerprint density at radius 2 is 2.07 bits per heavy atom. The average molecular weight is 259 g/mol. The molecule has 0 aromatic carbocycles. The largest absolute Gasteiger partial charge is 0.398 e. The first-order valence-electron chi connectivity index (χ1n) is 4.45. The minimum Gasteiger partial charge on any atom is -0.398 e. The first-order valence-corrected chi connectivity index (χ1v) is 5.24. The third-order valence-electron chi connectivity index (χ3n) is 1.71. The zero-order chi connectivity index (χ0) is 10.9. The van der Waals surface area contributed by atoms with Gasteiger partial charge in [0, 0.05) is 18.4 Å². The molecule has 0 radical (unpaired) electrons. The van der Waals surface area contributed by atoms with Gasteiger partial charge in [-0.1, -0.05) is 20.8 Å². The number of hydrogen-bond acceptors (Lipinski definition) is 2. The van der Waals surface area contributed by atoms with Crippen LogP contribution in [-0.2, 0) is 6.54 Å². The molecule has 2 N–H and O–H groups in total. The van der Waals surface area contributed by atoms with E-state index in [1.165, 1.54) is 0 Å². The Hall–Kier alpha value is -0.770. The van der Waals surface area contributed by atoms with Crippen LogP contribution in [0.25, 0.3) is 0 Å². The molecule has 4 heteroatoms. The molecule has 78 valence electrons. The summed E-state index contributed by atoms with van der Waals surface area (Å²) in [6.45, 7) is 6.90. The number of hydrogen-bond donors (Lipinski definition) is 1. The number of rotatable bonds is 1. The highest BCUT2D eigenvalue weighted by Crippen LogP contribution is 2.17. The van der Waals surface area contributed by atoms with Crippen molar-refractivity contribution in [2.75, 3.05) is 5.73 Å². The van der Waals surface area contributed by atoms with Crippen molar-refractivity contribution in [2.24, 2.45) is 5.41 Å². The lowest BCUT2D eigenvalue weighted by molar-refractivity contribution is 0.338. The summed E-state index contributed by atoms with van der Waals surface area (Å²) in [4.78, 5) is 11.7. The van der Waals surface area contributed by atoms with E-state index in [4.69, 9.17) is 5.73 Å². The van der Waals surface area contributed by atoms with E-state index in [0.29, 0.717) is 16.7 Å². The summed E-state index contributed by atoms with van der Waals surface area (Å²) >= 11 is 3.19. The summed E-state index contributed by atoms with van der Waals surface area (Å²) < 4.78 is 2.15. The predicted octanol–water partition coefficient (Wildman–Crippen LogP) is 2.24. The molecular weight excluding hydrogens is 244 g/mol. The number of aromatic nitrogens is 1. The highest BCUT2D eigenvalue weighted by Gasteiger charge is 2.13. The van der Waals surface area contributed by atoms with Gasteiger partial charge in [-0.15, -0.1) is 0 Å². The lowest BCUT2D eigenvalue weighted by atomic mass is 9.97. The standard InChI is InChI=1S/C10H15BrN2O/c1-10(2,3)6-13-5-7(12)4-8(11)9(13)14/h4-5H,6,12H2,1-3H3. The normalized spacial score (nSPS) is 11.7. The van der Waals surface area contributed by atoms with E-state index < -0.39 is 0 Å². The second kappa shape index (κ2) is 3.77. The van der Waals surface area contributed by atoms with Crippen LogP contribution in [0.15, 0.2) is 21.5 Å². The van der Waals surface area contributed by atoms with Crippen molar-refractivity contribution in [3.05, 3.63) is 27.1 Å². The number of anilines is 1. The highest BCUT2D eigenvalue weighted by molar-refractivity contribution is 9.10. The van der Waals surface area contributed by atoms with Crippen molar-refractivity contribution in [2.45, 2.75) is 27.3 Å². The lowest BCUT2D eigenvalue weighted by Gasteiger charge is -2.20. The van der Waals surface area contributed by atoms with Crippen LogP contribution < -0.4 is 11.3 Å².